The summed E-state index contributed by atoms with van der Waals surface area (Å²) in [5.41, 5.74) is -0.298. The van der Waals surface area contributed by atoms with Crippen LogP contribution in [0.1, 0.15) is 12.2 Å². The topological polar surface area (TPSA) is 149 Å². The number of hydrogen-bond donors (Lipinski definition) is 2. The summed E-state index contributed by atoms with van der Waals surface area (Å²) in [6.07, 6.45) is 2.84. The molecule has 1 aromatic rings. The third kappa shape index (κ3) is 4.83. The van der Waals surface area contributed by atoms with E-state index in [1.807, 2.05) is 0 Å². The number of carbonyl (C=O) groups is 2. The Kier molecular flexibility index (Phi) is 6.17. The van der Waals surface area contributed by atoms with E-state index in [2.05, 4.69) is 25.0 Å². The first kappa shape index (κ1) is 20.4. The highest BCUT2D eigenvalue weighted by Crippen LogP contribution is 2.22. The first-order valence-electron chi connectivity index (χ1n) is 7.30. The molecule has 0 bridgehead atoms. The predicted molar refractivity (Wildman–Crippen MR) is 97.6 cm³/mol. The number of carbonyl (C=O) groups excluding carboxylic acids is 2. The van der Waals surface area contributed by atoms with Crippen molar-refractivity contribution in [3.8, 4) is 6.01 Å². The van der Waals surface area contributed by atoms with Crippen molar-refractivity contribution in [1.29, 1.82) is 0 Å². The van der Waals surface area contributed by atoms with Crippen molar-refractivity contribution in [3.05, 3.63) is 28.5 Å². The molecule has 0 saturated carbocycles. The van der Waals surface area contributed by atoms with Gasteiger partial charge in [-0.15, -0.1) is 0 Å². The van der Waals surface area contributed by atoms with E-state index < -0.39 is 26.9 Å². The summed E-state index contributed by atoms with van der Waals surface area (Å²) in [5, 5.41) is 2.15. The zero-order valence-electron chi connectivity index (χ0n) is 14.5. The molecule has 0 aliphatic heterocycles. The average molecular weight is 413 g/mol. The Morgan fingerprint density at radius 1 is 1.22 bits per heavy atom. The van der Waals surface area contributed by atoms with Gasteiger partial charge in [0.15, 0.2) is 0 Å². The lowest BCUT2D eigenvalue weighted by molar-refractivity contribution is -0.135. The summed E-state index contributed by atoms with van der Waals surface area (Å²) in [4.78, 5) is 35.0. The predicted octanol–water partition coefficient (Wildman–Crippen LogP) is 0.397. The Balaban J connectivity index is 2.28. The highest BCUT2D eigenvalue weighted by atomic mass is 32.2. The van der Waals surface area contributed by atoms with E-state index in [0.717, 1.165) is 7.11 Å². The van der Waals surface area contributed by atoms with E-state index in [9.17, 15) is 18.0 Å². The SMILES string of the molecule is COC(=O)C1=C(S(=O)(=O)NC(=O)Nc2nc(C)nc(OC)n2)C=CCC1=S. The molecule has 0 atom stereocenters. The molecule has 11 nitrogen and oxygen atoms in total. The quantitative estimate of drug-likeness (QED) is 0.513. The maximum Gasteiger partial charge on any atom is 0.340 e. The molecule has 0 unspecified atom stereocenters. The van der Waals surface area contributed by atoms with Gasteiger partial charge in [-0.3, -0.25) is 5.32 Å². The number of esters is 1. The van der Waals surface area contributed by atoms with Gasteiger partial charge in [0.05, 0.1) is 19.8 Å². The molecule has 0 fully saturated rings. The van der Waals surface area contributed by atoms with Crippen LogP contribution in [0.15, 0.2) is 22.6 Å². The lowest BCUT2D eigenvalue weighted by Gasteiger charge is -2.16. The summed E-state index contributed by atoms with van der Waals surface area (Å²) in [7, 11) is -2.01. The molecule has 0 radical (unpaired) electrons. The van der Waals surface area contributed by atoms with E-state index >= 15 is 0 Å². The van der Waals surface area contributed by atoms with Crippen molar-refractivity contribution in [2.24, 2.45) is 0 Å². The fourth-order valence-electron chi connectivity index (χ4n) is 2.04. The molecule has 144 valence electrons. The second-order valence-corrected chi connectivity index (χ2v) is 7.16. The zero-order valence-corrected chi connectivity index (χ0v) is 16.1. The van der Waals surface area contributed by atoms with Crippen LogP contribution in [0.3, 0.4) is 0 Å². The van der Waals surface area contributed by atoms with Gasteiger partial charge in [-0.1, -0.05) is 18.3 Å². The number of rotatable bonds is 5. The van der Waals surface area contributed by atoms with Crippen LogP contribution in [-0.4, -0.2) is 54.5 Å². The molecule has 1 aliphatic rings. The second kappa shape index (κ2) is 8.18. The Morgan fingerprint density at radius 3 is 2.56 bits per heavy atom. The third-order valence-corrected chi connectivity index (χ3v) is 4.88. The smallest absolute Gasteiger partial charge is 0.340 e. The van der Waals surface area contributed by atoms with Crippen molar-refractivity contribution in [2.75, 3.05) is 19.5 Å². The van der Waals surface area contributed by atoms with Crippen LogP contribution >= 0.6 is 12.2 Å². The first-order chi connectivity index (χ1) is 12.7. The molecular formula is C14H15N5O6S2. The van der Waals surface area contributed by atoms with Gasteiger partial charge in [0.1, 0.15) is 10.7 Å². The number of aryl methyl sites for hydroxylation is 1. The van der Waals surface area contributed by atoms with E-state index in [-0.39, 0.29) is 34.6 Å². The Hall–Kier alpha value is -2.93. The molecule has 0 spiro atoms. The van der Waals surface area contributed by atoms with Crippen molar-refractivity contribution < 1.29 is 27.5 Å². The Bertz CT molecular complexity index is 970. The highest BCUT2D eigenvalue weighted by Gasteiger charge is 2.30. The monoisotopic (exact) mass is 413 g/mol. The molecule has 2 N–H and O–H groups in total. The lowest BCUT2D eigenvalue weighted by Crippen LogP contribution is -2.37. The second-order valence-electron chi connectivity index (χ2n) is 5.01. The Morgan fingerprint density at radius 2 is 1.93 bits per heavy atom. The van der Waals surface area contributed by atoms with Gasteiger partial charge in [-0.25, -0.2) is 22.7 Å². The first-order valence-corrected chi connectivity index (χ1v) is 9.20. The van der Waals surface area contributed by atoms with Crippen LogP contribution in [0.5, 0.6) is 6.01 Å². The number of methoxy groups -OCH3 is 2. The van der Waals surface area contributed by atoms with E-state index in [1.54, 1.807) is 4.72 Å². The van der Waals surface area contributed by atoms with Gasteiger partial charge < -0.3 is 9.47 Å². The summed E-state index contributed by atoms with van der Waals surface area (Å²) < 4.78 is 36.2. The standard InChI is InChI=1S/C14H15N5O6S2/c1-7-15-12(18-14(16-7)25-3)17-13(21)19-27(22,23)9-6-4-5-8(26)10(9)11(20)24-2/h4,6H,5H2,1-3H3,(H2,15,16,17,18,19,21). The normalized spacial score (nSPS) is 14.0. The number of hydrogen-bond acceptors (Lipinski definition) is 10. The van der Waals surface area contributed by atoms with Gasteiger partial charge in [0, 0.05) is 11.3 Å². The van der Waals surface area contributed by atoms with Gasteiger partial charge in [0.2, 0.25) is 5.95 Å². The largest absolute Gasteiger partial charge is 0.467 e. The van der Waals surface area contributed by atoms with Crippen molar-refractivity contribution in [3.63, 3.8) is 0 Å². The van der Waals surface area contributed by atoms with Crippen LogP contribution in [-0.2, 0) is 19.6 Å². The number of nitrogens with one attached hydrogen (secondary N) is 2. The number of anilines is 1. The summed E-state index contributed by atoms with van der Waals surface area (Å²) >= 11 is 5.03. The maximum absolute atomic E-state index is 12.5. The van der Waals surface area contributed by atoms with Crippen molar-refractivity contribution in [2.45, 2.75) is 13.3 Å². The number of aromatic nitrogens is 3. The fraction of sp³-hybridized carbons (Fsp3) is 0.286. The average Bonchev–Trinajstić information content (AvgIpc) is 2.59. The van der Waals surface area contributed by atoms with Crippen LogP contribution in [0.4, 0.5) is 10.7 Å². The molecule has 0 saturated heterocycles. The molecule has 0 aromatic carbocycles. The van der Waals surface area contributed by atoms with Gasteiger partial charge in [-0.05, 0) is 13.0 Å². The number of ether oxygens (including phenoxy) is 2. The van der Waals surface area contributed by atoms with Crippen LogP contribution < -0.4 is 14.8 Å². The molecule has 13 heteroatoms. The summed E-state index contributed by atoms with van der Waals surface area (Å²) in [6, 6.07) is -1.21. The van der Waals surface area contributed by atoms with E-state index in [4.69, 9.17) is 17.0 Å². The van der Waals surface area contributed by atoms with Crippen molar-refractivity contribution >= 4 is 45.1 Å². The number of thiocarbonyl (C=S) groups is 1. The number of urea groups is 1. The summed E-state index contributed by atoms with van der Waals surface area (Å²) in [6.45, 7) is 1.53. The Labute approximate surface area is 159 Å². The number of nitrogens with zero attached hydrogens (tertiary/aromatic N) is 3. The minimum Gasteiger partial charge on any atom is -0.467 e. The molecular weight excluding hydrogens is 398 g/mol. The minimum absolute atomic E-state index is 0.0584. The molecule has 1 heterocycles. The number of amides is 2. The molecule has 1 aliphatic carbocycles. The lowest BCUT2D eigenvalue weighted by atomic mass is 10.1. The minimum atomic E-state index is -4.43. The van der Waals surface area contributed by atoms with Crippen LogP contribution in [0, 0.1) is 6.92 Å². The fourth-order valence-corrected chi connectivity index (χ4v) is 3.55. The third-order valence-electron chi connectivity index (χ3n) is 3.14. The molecule has 27 heavy (non-hydrogen) atoms. The zero-order chi connectivity index (χ0) is 20.2. The maximum atomic E-state index is 12.5. The summed E-state index contributed by atoms with van der Waals surface area (Å²) in [5.74, 6) is -0.886. The molecule has 2 amide bonds. The van der Waals surface area contributed by atoms with Crippen molar-refractivity contribution in [1.82, 2.24) is 19.7 Å². The van der Waals surface area contributed by atoms with Crippen LogP contribution in [0.25, 0.3) is 0 Å². The molecule has 2 rings (SSSR count). The number of sulfonamides is 1. The van der Waals surface area contributed by atoms with E-state index in [0.29, 0.717) is 0 Å². The van der Waals surface area contributed by atoms with Crippen LogP contribution in [0.2, 0.25) is 0 Å². The van der Waals surface area contributed by atoms with Gasteiger partial charge in [-0.2, -0.15) is 15.0 Å². The van der Waals surface area contributed by atoms with Gasteiger partial charge in [0.25, 0.3) is 10.0 Å². The molecule has 1 aromatic heterocycles. The number of allylic oxidation sites excluding steroid dienone is 2. The van der Waals surface area contributed by atoms with E-state index in [1.165, 1.54) is 26.2 Å². The highest BCUT2D eigenvalue weighted by molar-refractivity contribution is 7.94. The van der Waals surface area contributed by atoms with Gasteiger partial charge >= 0.3 is 18.0 Å².